The summed E-state index contributed by atoms with van der Waals surface area (Å²) in [5.74, 6) is -0.328. The highest BCUT2D eigenvalue weighted by Gasteiger charge is 1.90. The zero-order valence-corrected chi connectivity index (χ0v) is 6.79. The molecule has 0 aromatic heterocycles. The first-order chi connectivity index (χ1) is 5.31. The van der Waals surface area contributed by atoms with E-state index in [0.29, 0.717) is 13.2 Å². The lowest BCUT2D eigenvalue weighted by molar-refractivity contribution is -0.137. The molecular formula is C7H13NO3. The van der Waals surface area contributed by atoms with Crippen molar-refractivity contribution in [1.29, 1.82) is 0 Å². The quantitative estimate of drug-likeness (QED) is 0.270. The molecule has 0 heterocycles. The highest BCUT2D eigenvalue weighted by atomic mass is 16.6. The number of hydrogen-bond acceptors (Lipinski definition) is 4. The molecule has 0 spiro atoms. The van der Waals surface area contributed by atoms with Gasteiger partial charge < -0.3 is 9.57 Å². The van der Waals surface area contributed by atoms with Crippen LogP contribution in [-0.4, -0.2) is 26.2 Å². The topological polar surface area (TPSA) is 47.6 Å². The van der Waals surface area contributed by atoms with Gasteiger partial charge in [-0.2, -0.15) is 5.48 Å². The Morgan fingerprint density at radius 3 is 2.91 bits per heavy atom. The van der Waals surface area contributed by atoms with Gasteiger partial charge in [0.25, 0.3) is 0 Å². The van der Waals surface area contributed by atoms with Gasteiger partial charge in [-0.25, -0.2) is 4.79 Å². The predicted octanol–water partition coefficient (Wildman–Crippen LogP) is 0.257. The van der Waals surface area contributed by atoms with Crippen molar-refractivity contribution >= 4 is 5.97 Å². The minimum Gasteiger partial charge on any atom is -0.463 e. The number of rotatable bonds is 5. The molecule has 0 radical (unpaired) electrons. The third-order valence-electron chi connectivity index (χ3n) is 0.886. The van der Waals surface area contributed by atoms with Gasteiger partial charge in [0.2, 0.25) is 0 Å². The van der Waals surface area contributed by atoms with E-state index in [-0.39, 0.29) is 5.97 Å². The number of carbonyl (C=O) groups is 1. The first kappa shape index (κ1) is 10.1. The monoisotopic (exact) mass is 159 g/mol. The number of hydroxylamine groups is 1. The van der Waals surface area contributed by atoms with E-state index in [2.05, 4.69) is 15.1 Å². The van der Waals surface area contributed by atoms with Crippen LogP contribution in [0.5, 0.6) is 0 Å². The van der Waals surface area contributed by atoms with Crippen LogP contribution in [0.2, 0.25) is 0 Å². The van der Waals surface area contributed by atoms with E-state index in [1.807, 2.05) is 0 Å². The average molecular weight is 159 g/mol. The summed E-state index contributed by atoms with van der Waals surface area (Å²) in [6.45, 7) is 2.66. The minimum atomic E-state index is -0.328. The molecule has 64 valence electrons. The third kappa shape index (κ3) is 7.02. The summed E-state index contributed by atoms with van der Waals surface area (Å²) in [6, 6.07) is 0. The van der Waals surface area contributed by atoms with Gasteiger partial charge in [-0.1, -0.05) is 6.08 Å². The first-order valence-electron chi connectivity index (χ1n) is 3.40. The van der Waals surface area contributed by atoms with Crippen molar-refractivity contribution in [1.82, 2.24) is 5.48 Å². The second kappa shape index (κ2) is 7.24. The van der Waals surface area contributed by atoms with Crippen LogP contribution in [0.25, 0.3) is 0 Å². The summed E-state index contributed by atoms with van der Waals surface area (Å²) in [5, 5.41) is 0. The average Bonchev–Trinajstić information content (AvgIpc) is 1.99. The zero-order chi connectivity index (χ0) is 8.53. The van der Waals surface area contributed by atoms with Crippen molar-refractivity contribution in [3.8, 4) is 0 Å². The Kier molecular flexibility index (Phi) is 6.67. The molecule has 4 heteroatoms. The van der Waals surface area contributed by atoms with Gasteiger partial charge in [-0.3, -0.25) is 0 Å². The number of ether oxygens (including phenoxy) is 1. The van der Waals surface area contributed by atoms with Crippen molar-refractivity contribution in [2.75, 3.05) is 20.3 Å². The fourth-order valence-electron chi connectivity index (χ4n) is 0.477. The molecule has 11 heavy (non-hydrogen) atoms. The van der Waals surface area contributed by atoms with Crippen LogP contribution >= 0.6 is 0 Å². The van der Waals surface area contributed by atoms with Gasteiger partial charge in [0.15, 0.2) is 0 Å². The third-order valence-corrected chi connectivity index (χ3v) is 0.886. The summed E-state index contributed by atoms with van der Waals surface area (Å²) < 4.78 is 4.63. The Morgan fingerprint density at radius 2 is 2.36 bits per heavy atom. The first-order valence-corrected chi connectivity index (χ1v) is 3.40. The maximum atomic E-state index is 10.6. The standard InChI is InChI=1S/C7H13NO3/c1-3-11-7(9)5-4-6-8-10-2/h4-5,8H,3,6H2,1-2H3/b5-4+. The highest BCUT2D eigenvalue weighted by molar-refractivity contribution is 5.81. The predicted molar refractivity (Wildman–Crippen MR) is 40.8 cm³/mol. The zero-order valence-electron chi connectivity index (χ0n) is 6.79. The molecule has 0 aliphatic rings. The molecule has 0 fully saturated rings. The summed E-state index contributed by atoms with van der Waals surface area (Å²) in [6.07, 6.45) is 2.98. The second-order valence-electron chi connectivity index (χ2n) is 1.71. The van der Waals surface area contributed by atoms with Gasteiger partial charge in [0.1, 0.15) is 0 Å². The van der Waals surface area contributed by atoms with Gasteiger partial charge in [-0.15, -0.1) is 0 Å². The summed E-state index contributed by atoms with van der Waals surface area (Å²) in [4.78, 5) is 15.2. The molecule has 0 aliphatic carbocycles. The van der Waals surface area contributed by atoms with Crippen LogP contribution in [0.3, 0.4) is 0 Å². The number of nitrogens with one attached hydrogen (secondary N) is 1. The Balaban J connectivity index is 3.32. The fraction of sp³-hybridized carbons (Fsp3) is 0.571. The summed E-state index contributed by atoms with van der Waals surface area (Å²) in [5.41, 5.74) is 2.55. The van der Waals surface area contributed by atoms with Crippen LogP contribution < -0.4 is 5.48 Å². The van der Waals surface area contributed by atoms with E-state index in [1.165, 1.54) is 13.2 Å². The number of hydrogen-bond donors (Lipinski definition) is 1. The van der Waals surface area contributed by atoms with Crippen LogP contribution in [0.15, 0.2) is 12.2 Å². The molecule has 0 aliphatic heterocycles. The Hall–Kier alpha value is -0.870. The van der Waals surface area contributed by atoms with E-state index in [0.717, 1.165) is 0 Å². The van der Waals surface area contributed by atoms with Crippen molar-refractivity contribution in [3.63, 3.8) is 0 Å². The lowest BCUT2D eigenvalue weighted by atomic mass is 10.5. The Bertz CT molecular complexity index is 134. The molecule has 1 N–H and O–H groups in total. The van der Waals surface area contributed by atoms with Gasteiger partial charge in [-0.05, 0) is 6.92 Å². The van der Waals surface area contributed by atoms with Crippen LogP contribution in [0, 0.1) is 0 Å². The van der Waals surface area contributed by atoms with E-state index < -0.39 is 0 Å². The Morgan fingerprint density at radius 1 is 1.64 bits per heavy atom. The van der Waals surface area contributed by atoms with E-state index in [1.54, 1.807) is 13.0 Å². The van der Waals surface area contributed by atoms with Crippen LogP contribution in [0.4, 0.5) is 0 Å². The van der Waals surface area contributed by atoms with Crippen molar-refractivity contribution in [2.24, 2.45) is 0 Å². The Labute approximate surface area is 66.1 Å². The molecule has 0 unspecified atom stereocenters. The molecule has 0 saturated carbocycles. The molecule has 0 rings (SSSR count). The molecule has 4 nitrogen and oxygen atoms in total. The summed E-state index contributed by atoms with van der Waals surface area (Å²) in [7, 11) is 1.51. The van der Waals surface area contributed by atoms with E-state index in [4.69, 9.17) is 0 Å². The van der Waals surface area contributed by atoms with Gasteiger partial charge in [0.05, 0.1) is 13.7 Å². The van der Waals surface area contributed by atoms with Crippen LogP contribution in [0.1, 0.15) is 6.92 Å². The normalized spacial score (nSPS) is 10.4. The molecule has 0 atom stereocenters. The highest BCUT2D eigenvalue weighted by Crippen LogP contribution is 1.79. The molecule has 0 saturated heterocycles. The van der Waals surface area contributed by atoms with Gasteiger partial charge >= 0.3 is 5.97 Å². The largest absolute Gasteiger partial charge is 0.463 e. The molecule has 0 aromatic carbocycles. The van der Waals surface area contributed by atoms with E-state index in [9.17, 15) is 4.79 Å². The fourth-order valence-corrected chi connectivity index (χ4v) is 0.477. The van der Waals surface area contributed by atoms with Crippen LogP contribution in [-0.2, 0) is 14.4 Å². The lowest BCUT2D eigenvalue weighted by Gasteiger charge is -1.95. The number of esters is 1. The minimum absolute atomic E-state index is 0.328. The lowest BCUT2D eigenvalue weighted by Crippen LogP contribution is -2.11. The van der Waals surface area contributed by atoms with Crippen molar-refractivity contribution in [3.05, 3.63) is 12.2 Å². The van der Waals surface area contributed by atoms with Crippen molar-refractivity contribution < 1.29 is 14.4 Å². The smallest absolute Gasteiger partial charge is 0.330 e. The molecular weight excluding hydrogens is 146 g/mol. The maximum Gasteiger partial charge on any atom is 0.330 e. The maximum absolute atomic E-state index is 10.6. The van der Waals surface area contributed by atoms with Gasteiger partial charge in [0, 0.05) is 12.6 Å². The molecule has 0 bridgehead atoms. The number of carbonyl (C=O) groups excluding carboxylic acids is 1. The summed E-state index contributed by atoms with van der Waals surface area (Å²) >= 11 is 0. The molecule has 0 aromatic rings. The van der Waals surface area contributed by atoms with Crippen molar-refractivity contribution in [2.45, 2.75) is 6.92 Å². The SMILES string of the molecule is CCOC(=O)/C=C/CNOC. The molecule has 0 amide bonds. The van der Waals surface area contributed by atoms with E-state index >= 15 is 0 Å². The second-order valence-corrected chi connectivity index (χ2v) is 1.71.